The second kappa shape index (κ2) is 5.45. The van der Waals surface area contributed by atoms with E-state index < -0.39 is 0 Å². The van der Waals surface area contributed by atoms with E-state index >= 15 is 0 Å². The van der Waals surface area contributed by atoms with E-state index in [4.69, 9.17) is 4.74 Å². The van der Waals surface area contributed by atoms with Crippen molar-refractivity contribution in [3.63, 3.8) is 0 Å². The van der Waals surface area contributed by atoms with Gasteiger partial charge in [-0.05, 0) is 43.9 Å². The zero-order valence-electron chi connectivity index (χ0n) is 11.2. The summed E-state index contributed by atoms with van der Waals surface area (Å²) >= 11 is 3.46. The molecule has 1 spiro atoms. The van der Waals surface area contributed by atoms with Gasteiger partial charge in [0.05, 0.1) is 6.10 Å². The van der Waals surface area contributed by atoms with Crippen molar-refractivity contribution in [2.45, 2.75) is 63.1 Å². The molecule has 0 amide bonds. The monoisotopic (exact) mass is 324 g/mol. The highest BCUT2D eigenvalue weighted by atomic mass is 79.9. The maximum absolute atomic E-state index is 10.5. The summed E-state index contributed by atoms with van der Waals surface area (Å²) in [5.74, 6) is 0.877. The van der Waals surface area contributed by atoms with E-state index in [2.05, 4.69) is 15.9 Å². The van der Waals surface area contributed by atoms with Gasteiger partial charge in [0.25, 0.3) is 0 Å². The standard InChI is InChI=1S/C16H21BrO2/c17-12-6-7-15-13(10-12)14(18)11-16(19-15)8-4-2-1-3-5-9-16/h6-7,10,14,18H,1-5,8-9,11H2/t14-/m1/s1. The Morgan fingerprint density at radius 1 is 1.11 bits per heavy atom. The quantitative estimate of drug-likeness (QED) is 0.746. The SMILES string of the molecule is O[C@@H]1CC2(CCCCCCC2)Oc2ccc(Br)cc21. The summed E-state index contributed by atoms with van der Waals surface area (Å²) in [4.78, 5) is 0. The molecule has 3 heteroatoms. The van der Waals surface area contributed by atoms with Gasteiger partial charge in [-0.1, -0.05) is 35.2 Å². The van der Waals surface area contributed by atoms with Crippen molar-refractivity contribution >= 4 is 15.9 Å². The first-order valence-electron chi connectivity index (χ1n) is 7.35. The van der Waals surface area contributed by atoms with Crippen LogP contribution in [0.2, 0.25) is 0 Å². The molecular formula is C16H21BrO2. The topological polar surface area (TPSA) is 29.5 Å². The largest absolute Gasteiger partial charge is 0.487 e. The van der Waals surface area contributed by atoms with Crippen molar-refractivity contribution in [3.05, 3.63) is 28.2 Å². The van der Waals surface area contributed by atoms with Gasteiger partial charge in [-0.2, -0.15) is 0 Å². The molecule has 0 aromatic heterocycles. The van der Waals surface area contributed by atoms with Crippen LogP contribution in [0.15, 0.2) is 22.7 Å². The van der Waals surface area contributed by atoms with E-state index in [9.17, 15) is 5.11 Å². The molecule has 1 aromatic rings. The summed E-state index contributed by atoms with van der Waals surface area (Å²) in [6.07, 6.45) is 8.92. The number of hydrogen-bond acceptors (Lipinski definition) is 2. The fourth-order valence-electron chi connectivity index (χ4n) is 3.47. The highest BCUT2D eigenvalue weighted by Crippen LogP contribution is 2.45. The zero-order valence-corrected chi connectivity index (χ0v) is 12.8. The zero-order chi connectivity index (χ0) is 13.3. The van der Waals surface area contributed by atoms with Gasteiger partial charge in [-0.15, -0.1) is 0 Å². The Bertz CT molecular complexity index is 450. The third kappa shape index (κ3) is 2.82. The first-order chi connectivity index (χ1) is 9.19. The smallest absolute Gasteiger partial charge is 0.126 e. The van der Waals surface area contributed by atoms with Gasteiger partial charge in [0, 0.05) is 16.5 Å². The number of ether oxygens (including phenoxy) is 1. The Balaban J connectivity index is 1.88. The van der Waals surface area contributed by atoms with E-state index in [1.807, 2.05) is 18.2 Å². The molecule has 2 aliphatic rings. The number of benzene rings is 1. The molecule has 1 aliphatic carbocycles. The van der Waals surface area contributed by atoms with Crippen LogP contribution in [0.1, 0.15) is 63.0 Å². The molecule has 2 nitrogen and oxygen atoms in total. The molecule has 0 saturated heterocycles. The lowest BCUT2D eigenvalue weighted by Gasteiger charge is -2.42. The minimum Gasteiger partial charge on any atom is -0.487 e. The Morgan fingerprint density at radius 2 is 1.79 bits per heavy atom. The number of aliphatic hydroxyl groups is 1. The average molecular weight is 325 g/mol. The van der Waals surface area contributed by atoms with Gasteiger partial charge in [-0.3, -0.25) is 0 Å². The van der Waals surface area contributed by atoms with Crippen molar-refractivity contribution in [1.29, 1.82) is 0 Å². The van der Waals surface area contributed by atoms with Crippen molar-refractivity contribution < 1.29 is 9.84 Å². The number of aliphatic hydroxyl groups excluding tert-OH is 1. The van der Waals surface area contributed by atoms with Crippen molar-refractivity contribution in [2.75, 3.05) is 0 Å². The first kappa shape index (κ1) is 13.4. The molecule has 104 valence electrons. The third-order valence-electron chi connectivity index (χ3n) is 4.49. The van der Waals surface area contributed by atoms with E-state index in [0.29, 0.717) is 0 Å². The van der Waals surface area contributed by atoms with Gasteiger partial charge in [-0.25, -0.2) is 0 Å². The van der Waals surface area contributed by atoms with Crippen LogP contribution < -0.4 is 4.74 Å². The summed E-state index contributed by atoms with van der Waals surface area (Å²) in [5, 5.41) is 10.5. The highest BCUT2D eigenvalue weighted by Gasteiger charge is 2.40. The first-order valence-corrected chi connectivity index (χ1v) is 8.14. The molecule has 1 saturated carbocycles. The van der Waals surface area contributed by atoms with Crippen molar-refractivity contribution in [3.8, 4) is 5.75 Å². The van der Waals surface area contributed by atoms with Crippen LogP contribution in [0.4, 0.5) is 0 Å². The van der Waals surface area contributed by atoms with Crippen LogP contribution in [-0.4, -0.2) is 10.7 Å². The number of hydrogen-bond donors (Lipinski definition) is 1. The molecule has 0 bridgehead atoms. The predicted octanol–water partition coefficient (Wildman–Crippen LogP) is 4.75. The molecule has 1 atom stereocenters. The Kier molecular flexibility index (Phi) is 3.86. The fraction of sp³-hybridized carbons (Fsp3) is 0.625. The Labute approximate surface area is 123 Å². The van der Waals surface area contributed by atoms with Crippen LogP contribution in [0, 0.1) is 0 Å². The lowest BCUT2D eigenvalue weighted by atomic mass is 9.79. The van der Waals surface area contributed by atoms with Crippen molar-refractivity contribution in [2.24, 2.45) is 0 Å². The summed E-state index contributed by atoms with van der Waals surface area (Å²) in [6, 6.07) is 5.96. The van der Waals surface area contributed by atoms with E-state index in [-0.39, 0.29) is 11.7 Å². The maximum atomic E-state index is 10.5. The third-order valence-corrected chi connectivity index (χ3v) is 4.98. The molecular weight excluding hydrogens is 304 g/mol. The van der Waals surface area contributed by atoms with Crippen molar-refractivity contribution in [1.82, 2.24) is 0 Å². The van der Waals surface area contributed by atoms with Gasteiger partial charge in [0.2, 0.25) is 0 Å². The second-order valence-electron chi connectivity index (χ2n) is 5.95. The molecule has 1 fully saturated rings. The average Bonchev–Trinajstić information content (AvgIpc) is 2.36. The van der Waals surface area contributed by atoms with E-state index in [1.165, 1.54) is 32.1 Å². The predicted molar refractivity (Wildman–Crippen MR) is 79.4 cm³/mol. The minimum absolute atomic E-state index is 0.124. The van der Waals surface area contributed by atoms with Gasteiger partial charge in [0.1, 0.15) is 11.4 Å². The van der Waals surface area contributed by atoms with Crippen LogP contribution in [0.25, 0.3) is 0 Å². The second-order valence-corrected chi connectivity index (χ2v) is 6.87. The maximum Gasteiger partial charge on any atom is 0.126 e. The number of rotatable bonds is 0. The molecule has 1 aromatic carbocycles. The molecule has 1 heterocycles. The molecule has 19 heavy (non-hydrogen) atoms. The molecule has 1 aliphatic heterocycles. The lowest BCUT2D eigenvalue weighted by molar-refractivity contribution is -0.0313. The molecule has 0 unspecified atom stereocenters. The highest BCUT2D eigenvalue weighted by molar-refractivity contribution is 9.10. The molecule has 1 N–H and O–H groups in total. The van der Waals surface area contributed by atoms with Gasteiger partial charge >= 0.3 is 0 Å². The fourth-order valence-corrected chi connectivity index (χ4v) is 3.84. The molecule has 0 radical (unpaired) electrons. The summed E-state index contributed by atoms with van der Waals surface area (Å²) < 4.78 is 7.34. The van der Waals surface area contributed by atoms with E-state index in [1.54, 1.807) is 0 Å². The van der Waals surface area contributed by atoms with Gasteiger partial charge in [0.15, 0.2) is 0 Å². The summed E-state index contributed by atoms with van der Waals surface area (Å²) in [7, 11) is 0. The Morgan fingerprint density at radius 3 is 2.53 bits per heavy atom. The minimum atomic E-state index is -0.388. The number of fused-ring (bicyclic) bond motifs is 1. The number of halogens is 1. The summed E-state index contributed by atoms with van der Waals surface area (Å²) in [5.41, 5.74) is 0.808. The van der Waals surface area contributed by atoms with Crippen LogP contribution in [0.5, 0.6) is 5.75 Å². The van der Waals surface area contributed by atoms with Crippen LogP contribution >= 0.6 is 15.9 Å². The summed E-state index contributed by atoms with van der Waals surface area (Å²) in [6.45, 7) is 0. The Hall–Kier alpha value is -0.540. The van der Waals surface area contributed by atoms with E-state index in [0.717, 1.165) is 35.0 Å². The van der Waals surface area contributed by atoms with Crippen LogP contribution in [-0.2, 0) is 0 Å². The van der Waals surface area contributed by atoms with Gasteiger partial charge < -0.3 is 9.84 Å². The van der Waals surface area contributed by atoms with Crippen LogP contribution in [0.3, 0.4) is 0 Å². The normalized spacial score (nSPS) is 26.1. The lowest BCUT2D eigenvalue weighted by Crippen LogP contribution is -2.41. The molecule has 3 rings (SSSR count).